The molecule has 1 aromatic heterocycles. The molecule has 0 aromatic carbocycles. The average Bonchev–Trinajstić information content (AvgIpc) is 2.16. The molecule has 90 valence electrons. The second-order valence-corrected chi connectivity index (χ2v) is 4.66. The van der Waals surface area contributed by atoms with E-state index < -0.39 is 22.5 Å². The van der Waals surface area contributed by atoms with Crippen molar-refractivity contribution < 1.29 is 17.4 Å². The van der Waals surface area contributed by atoms with E-state index in [1.54, 1.807) is 0 Å². The van der Waals surface area contributed by atoms with Crippen LogP contribution in [0.25, 0.3) is 0 Å². The Kier molecular flexibility index (Phi) is 4.28. The van der Waals surface area contributed by atoms with Crippen LogP contribution in [-0.4, -0.2) is 27.7 Å². The maximum absolute atomic E-state index is 12.5. The van der Waals surface area contributed by atoms with Crippen molar-refractivity contribution in [3.05, 3.63) is 23.9 Å². The molecule has 7 heteroatoms. The molecule has 1 rings (SSSR count). The molecule has 16 heavy (non-hydrogen) atoms. The normalized spacial score (nSPS) is 13.5. The first-order chi connectivity index (χ1) is 7.41. The Morgan fingerprint density at radius 1 is 1.50 bits per heavy atom. The lowest BCUT2D eigenvalue weighted by molar-refractivity contribution is -0.137. The summed E-state index contributed by atoms with van der Waals surface area (Å²) in [7, 11) is -1.04. The van der Waals surface area contributed by atoms with E-state index in [2.05, 4.69) is 10.3 Å². The molecule has 0 radical (unpaired) electrons. The van der Waals surface area contributed by atoms with E-state index in [-0.39, 0.29) is 18.1 Å². The number of aromatic nitrogens is 1. The highest BCUT2D eigenvalue weighted by Crippen LogP contribution is 2.33. The quantitative estimate of drug-likeness (QED) is 0.889. The van der Waals surface area contributed by atoms with Gasteiger partial charge in [-0.1, -0.05) is 0 Å². The summed E-state index contributed by atoms with van der Waals surface area (Å²) in [6.45, 7) is 0.198. The molecule has 0 amide bonds. The zero-order valence-corrected chi connectivity index (χ0v) is 9.36. The van der Waals surface area contributed by atoms with E-state index >= 15 is 0 Å². The van der Waals surface area contributed by atoms with Crippen molar-refractivity contribution in [3.63, 3.8) is 0 Å². The number of alkyl halides is 3. The molecule has 0 aliphatic heterocycles. The first-order valence-corrected chi connectivity index (χ1v) is 6.20. The summed E-state index contributed by atoms with van der Waals surface area (Å²) in [6, 6.07) is 2.18. The van der Waals surface area contributed by atoms with Gasteiger partial charge in [0.2, 0.25) is 0 Å². The molecule has 0 saturated heterocycles. The third-order valence-electron chi connectivity index (χ3n) is 1.80. The zero-order valence-electron chi connectivity index (χ0n) is 8.54. The Bertz CT molecular complexity index is 381. The van der Waals surface area contributed by atoms with Gasteiger partial charge >= 0.3 is 6.18 Å². The molecule has 1 aromatic rings. The molecule has 0 saturated carbocycles. The van der Waals surface area contributed by atoms with Crippen LogP contribution >= 0.6 is 0 Å². The molecular formula is C9H11F3N2OS. The summed E-state index contributed by atoms with van der Waals surface area (Å²) in [5.74, 6) is 0.0638. The lowest BCUT2D eigenvalue weighted by Gasteiger charge is -2.12. The Hall–Kier alpha value is -1.11. The van der Waals surface area contributed by atoms with Gasteiger partial charge in [0.15, 0.2) is 0 Å². The third-order valence-corrected chi connectivity index (χ3v) is 2.57. The van der Waals surface area contributed by atoms with Gasteiger partial charge in [-0.15, -0.1) is 0 Å². The fourth-order valence-corrected chi connectivity index (χ4v) is 1.48. The highest BCUT2D eigenvalue weighted by atomic mass is 32.2. The minimum absolute atomic E-state index is 0.198. The molecule has 1 N–H and O–H groups in total. The van der Waals surface area contributed by atoms with Crippen molar-refractivity contribution in [2.75, 3.05) is 23.9 Å². The predicted molar refractivity (Wildman–Crippen MR) is 56.7 cm³/mol. The summed E-state index contributed by atoms with van der Waals surface area (Å²) in [5.41, 5.74) is -0.808. The molecule has 0 fully saturated rings. The van der Waals surface area contributed by atoms with Crippen LogP contribution in [0, 0.1) is 0 Å². The minimum atomic E-state index is -4.43. The van der Waals surface area contributed by atoms with E-state index in [1.165, 1.54) is 18.5 Å². The second kappa shape index (κ2) is 5.29. The van der Waals surface area contributed by atoms with Crippen molar-refractivity contribution >= 4 is 16.6 Å². The standard InChI is InChI=1S/C9H11F3N2OS/c1-16(15)6-5-14-8-7(9(10,11)12)3-2-4-13-8/h2-4H,5-6H2,1H3,(H,13,14). The van der Waals surface area contributed by atoms with E-state index in [4.69, 9.17) is 0 Å². The van der Waals surface area contributed by atoms with Gasteiger partial charge in [-0.3, -0.25) is 4.21 Å². The number of nitrogens with one attached hydrogen (secondary N) is 1. The van der Waals surface area contributed by atoms with Crippen LogP contribution in [0.1, 0.15) is 5.56 Å². The summed E-state index contributed by atoms with van der Waals surface area (Å²) in [5, 5.41) is 2.53. The molecule has 1 heterocycles. The number of rotatable bonds is 4. The summed E-state index contributed by atoms with van der Waals surface area (Å²) in [6.07, 6.45) is -1.66. The van der Waals surface area contributed by atoms with Gasteiger partial charge in [0.25, 0.3) is 0 Å². The number of pyridine rings is 1. The first kappa shape index (κ1) is 13.0. The maximum Gasteiger partial charge on any atom is 0.419 e. The number of halogens is 3. The van der Waals surface area contributed by atoms with Crippen LogP contribution in [0.15, 0.2) is 18.3 Å². The summed E-state index contributed by atoms with van der Waals surface area (Å²) < 4.78 is 48.2. The van der Waals surface area contributed by atoms with Crippen molar-refractivity contribution in [2.24, 2.45) is 0 Å². The lowest BCUT2D eigenvalue weighted by Crippen LogP contribution is -2.15. The van der Waals surface area contributed by atoms with E-state index in [0.29, 0.717) is 0 Å². The number of hydrogen-bond acceptors (Lipinski definition) is 3. The minimum Gasteiger partial charge on any atom is -0.369 e. The molecule has 0 aliphatic carbocycles. The van der Waals surface area contributed by atoms with E-state index in [0.717, 1.165) is 6.07 Å². The molecule has 3 nitrogen and oxygen atoms in total. The largest absolute Gasteiger partial charge is 0.419 e. The van der Waals surface area contributed by atoms with Gasteiger partial charge in [0, 0.05) is 35.5 Å². The number of anilines is 1. The van der Waals surface area contributed by atoms with Crippen molar-refractivity contribution in [2.45, 2.75) is 6.18 Å². The second-order valence-electron chi connectivity index (χ2n) is 3.10. The summed E-state index contributed by atoms with van der Waals surface area (Å²) >= 11 is 0. The van der Waals surface area contributed by atoms with Gasteiger partial charge in [-0.2, -0.15) is 13.2 Å². The fraction of sp³-hybridized carbons (Fsp3) is 0.444. The molecule has 0 aliphatic rings. The van der Waals surface area contributed by atoms with Gasteiger partial charge in [-0.05, 0) is 12.1 Å². The molecular weight excluding hydrogens is 241 g/mol. The highest BCUT2D eigenvalue weighted by Gasteiger charge is 2.33. The lowest BCUT2D eigenvalue weighted by atomic mass is 10.2. The smallest absolute Gasteiger partial charge is 0.369 e. The molecule has 0 spiro atoms. The van der Waals surface area contributed by atoms with Crippen molar-refractivity contribution in [1.82, 2.24) is 4.98 Å². The van der Waals surface area contributed by atoms with Crippen LogP contribution in [0.3, 0.4) is 0 Å². The highest BCUT2D eigenvalue weighted by molar-refractivity contribution is 7.84. The SMILES string of the molecule is CS(=O)CCNc1ncccc1C(F)(F)F. The molecule has 0 bridgehead atoms. The van der Waals surface area contributed by atoms with E-state index in [9.17, 15) is 17.4 Å². The molecule has 1 atom stereocenters. The number of hydrogen-bond donors (Lipinski definition) is 1. The Morgan fingerprint density at radius 3 is 2.75 bits per heavy atom. The fourth-order valence-electron chi connectivity index (χ4n) is 1.09. The van der Waals surface area contributed by atoms with Crippen LogP contribution in [0.4, 0.5) is 19.0 Å². The maximum atomic E-state index is 12.5. The topological polar surface area (TPSA) is 42.0 Å². The third kappa shape index (κ3) is 3.80. The van der Waals surface area contributed by atoms with Crippen LogP contribution in [-0.2, 0) is 17.0 Å². The van der Waals surface area contributed by atoms with Crippen LogP contribution in [0.5, 0.6) is 0 Å². The molecule has 1 unspecified atom stereocenters. The summed E-state index contributed by atoms with van der Waals surface area (Å²) in [4.78, 5) is 3.61. The van der Waals surface area contributed by atoms with Crippen LogP contribution < -0.4 is 5.32 Å². The Labute approximate surface area is 93.5 Å². The van der Waals surface area contributed by atoms with Crippen molar-refractivity contribution in [1.29, 1.82) is 0 Å². The zero-order chi connectivity index (χ0) is 12.2. The average molecular weight is 252 g/mol. The van der Waals surface area contributed by atoms with E-state index in [1.807, 2.05) is 0 Å². The van der Waals surface area contributed by atoms with Gasteiger partial charge in [-0.25, -0.2) is 4.98 Å². The Balaban J connectivity index is 2.76. The first-order valence-electron chi connectivity index (χ1n) is 4.47. The monoisotopic (exact) mass is 252 g/mol. The number of nitrogens with zero attached hydrogens (tertiary/aromatic N) is 1. The predicted octanol–water partition coefficient (Wildman–Crippen LogP) is 1.89. The van der Waals surface area contributed by atoms with Gasteiger partial charge in [0.05, 0.1) is 5.56 Å². The van der Waals surface area contributed by atoms with Crippen molar-refractivity contribution in [3.8, 4) is 0 Å². The Morgan fingerprint density at radius 2 is 2.19 bits per heavy atom. The van der Waals surface area contributed by atoms with Crippen LogP contribution in [0.2, 0.25) is 0 Å². The van der Waals surface area contributed by atoms with Gasteiger partial charge in [0.1, 0.15) is 5.82 Å². The van der Waals surface area contributed by atoms with Gasteiger partial charge < -0.3 is 5.32 Å².